The van der Waals surface area contributed by atoms with E-state index in [-0.39, 0.29) is 11.8 Å². The Morgan fingerprint density at radius 2 is 1.69 bits per heavy atom. The van der Waals surface area contributed by atoms with Gasteiger partial charge in [-0.1, -0.05) is 44.2 Å². The number of nitrogens with one attached hydrogen (secondary N) is 2. The summed E-state index contributed by atoms with van der Waals surface area (Å²) >= 11 is 0. The van der Waals surface area contributed by atoms with E-state index in [9.17, 15) is 9.59 Å². The Hall–Kier alpha value is -2.69. The minimum absolute atomic E-state index is 0.00125. The van der Waals surface area contributed by atoms with Crippen LogP contribution in [0.5, 0.6) is 0 Å². The molecule has 1 fully saturated rings. The van der Waals surface area contributed by atoms with Gasteiger partial charge in [0, 0.05) is 18.8 Å². The van der Waals surface area contributed by atoms with E-state index in [1.807, 2.05) is 12.1 Å². The normalized spacial score (nSPS) is 14.6. The third kappa shape index (κ3) is 5.15. The summed E-state index contributed by atoms with van der Waals surface area (Å²) in [5.41, 5.74) is 1.69. The highest BCUT2D eigenvalue weighted by Crippen LogP contribution is 2.28. The molecule has 0 radical (unpaired) electrons. The topological polar surface area (TPSA) is 71.1 Å². The lowest BCUT2D eigenvalue weighted by atomic mass is 9.86. The van der Waals surface area contributed by atoms with E-state index < -0.39 is 0 Å². The Morgan fingerprint density at radius 3 is 2.38 bits per heavy atom. The molecule has 0 bridgehead atoms. The Labute approximate surface area is 154 Å². The number of carbonyl (C=O) groups is 2. The minimum atomic E-state index is -0.248. The molecule has 136 valence electrons. The first-order valence-corrected chi connectivity index (χ1v) is 9.32. The van der Waals surface area contributed by atoms with Crippen molar-refractivity contribution >= 4 is 23.2 Å². The second-order valence-electron chi connectivity index (χ2n) is 6.83. The molecule has 5 heteroatoms. The summed E-state index contributed by atoms with van der Waals surface area (Å²) < 4.78 is 0. The molecular formula is C21H25N3O2. The van der Waals surface area contributed by atoms with E-state index in [0.29, 0.717) is 29.3 Å². The predicted octanol–water partition coefficient (Wildman–Crippen LogP) is 4.63. The number of para-hydroxylation sites is 2. The van der Waals surface area contributed by atoms with E-state index in [2.05, 4.69) is 15.6 Å². The van der Waals surface area contributed by atoms with E-state index in [4.69, 9.17) is 0 Å². The first-order chi connectivity index (χ1) is 12.7. The van der Waals surface area contributed by atoms with Crippen LogP contribution < -0.4 is 10.6 Å². The zero-order valence-corrected chi connectivity index (χ0v) is 14.9. The summed E-state index contributed by atoms with van der Waals surface area (Å²) in [5, 5.41) is 5.78. The Balaban J connectivity index is 1.58. The van der Waals surface area contributed by atoms with Crippen LogP contribution in [0.1, 0.15) is 55.3 Å². The average Bonchev–Trinajstić information content (AvgIpc) is 2.69. The largest absolute Gasteiger partial charge is 0.324 e. The quantitative estimate of drug-likeness (QED) is 0.797. The van der Waals surface area contributed by atoms with Gasteiger partial charge in [0.2, 0.25) is 5.91 Å². The van der Waals surface area contributed by atoms with Crippen molar-refractivity contribution in [2.75, 3.05) is 10.6 Å². The van der Waals surface area contributed by atoms with E-state index in [1.165, 1.54) is 38.3 Å². The molecule has 0 unspecified atom stereocenters. The number of hydrogen-bond donors (Lipinski definition) is 2. The summed E-state index contributed by atoms with van der Waals surface area (Å²) in [6.45, 7) is 0. The maximum atomic E-state index is 12.3. The number of benzene rings is 1. The van der Waals surface area contributed by atoms with Crippen molar-refractivity contribution in [1.29, 1.82) is 0 Å². The van der Waals surface area contributed by atoms with Gasteiger partial charge < -0.3 is 10.6 Å². The molecule has 2 amide bonds. The van der Waals surface area contributed by atoms with Crippen molar-refractivity contribution in [3.63, 3.8) is 0 Å². The van der Waals surface area contributed by atoms with Crippen molar-refractivity contribution < 1.29 is 9.59 Å². The lowest BCUT2D eigenvalue weighted by Crippen LogP contribution is -2.17. The summed E-state index contributed by atoms with van der Waals surface area (Å²) in [6.07, 6.45) is 11.0. The number of nitrogens with zero attached hydrogens (tertiary/aromatic N) is 1. The molecule has 2 N–H and O–H groups in total. The van der Waals surface area contributed by atoms with Gasteiger partial charge >= 0.3 is 0 Å². The zero-order chi connectivity index (χ0) is 18.2. The molecule has 0 spiro atoms. The summed E-state index contributed by atoms with van der Waals surface area (Å²) in [4.78, 5) is 28.6. The SMILES string of the molecule is O=C(CCC1CCCCC1)Nc1ccccc1NC(=O)c1cccnc1. The van der Waals surface area contributed by atoms with Crippen LogP contribution in [-0.2, 0) is 4.79 Å². The van der Waals surface area contributed by atoms with Crippen LogP contribution in [-0.4, -0.2) is 16.8 Å². The van der Waals surface area contributed by atoms with Crippen LogP contribution in [0.2, 0.25) is 0 Å². The maximum absolute atomic E-state index is 12.3. The third-order valence-electron chi connectivity index (χ3n) is 4.88. The standard InChI is InChI=1S/C21H25N3O2/c25-20(13-12-16-7-2-1-3-8-16)23-18-10-4-5-11-19(18)24-21(26)17-9-6-14-22-15-17/h4-6,9-11,14-16H,1-3,7-8,12-13H2,(H,23,25)(H,24,26). The van der Waals surface area contributed by atoms with E-state index in [0.717, 1.165) is 6.42 Å². The molecule has 0 atom stereocenters. The van der Waals surface area contributed by atoms with Crippen molar-refractivity contribution in [3.05, 3.63) is 54.4 Å². The van der Waals surface area contributed by atoms with Gasteiger partial charge in [-0.25, -0.2) is 0 Å². The van der Waals surface area contributed by atoms with Gasteiger partial charge in [0.25, 0.3) is 5.91 Å². The molecule has 1 saturated carbocycles. The lowest BCUT2D eigenvalue weighted by Gasteiger charge is -2.21. The van der Waals surface area contributed by atoms with Gasteiger partial charge in [-0.05, 0) is 36.6 Å². The van der Waals surface area contributed by atoms with Crippen molar-refractivity contribution in [3.8, 4) is 0 Å². The van der Waals surface area contributed by atoms with Gasteiger partial charge in [0.05, 0.1) is 16.9 Å². The highest BCUT2D eigenvalue weighted by Gasteiger charge is 2.16. The predicted molar refractivity (Wildman–Crippen MR) is 103 cm³/mol. The molecule has 1 aliphatic carbocycles. The molecule has 26 heavy (non-hydrogen) atoms. The second kappa shape index (κ2) is 9.13. The fourth-order valence-electron chi connectivity index (χ4n) is 3.42. The van der Waals surface area contributed by atoms with Crippen molar-refractivity contribution in [2.45, 2.75) is 44.9 Å². The first kappa shape index (κ1) is 18.1. The Morgan fingerprint density at radius 1 is 0.962 bits per heavy atom. The minimum Gasteiger partial charge on any atom is -0.324 e. The number of aromatic nitrogens is 1. The van der Waals surface area contributed by atoms with E-state index in [1.54, 1.807) is 30.5 Å². The summed E-state index contributed by atoms with van der Waals surface area (Å²) in [6, 6.07) is 10.7. The highest BCUT2D eigenvalue weighted by molar-refractivity contribution is 6.07. The van der Waals surface area contributed by atoms with Gasteiger partial charge in [0.1, 0.15) is 0 Å². The van der Waals surface area contributed by atoms with Crippen LogP contribution in [0.15, 0.2) is 48.8 Å². The molecule has 2 aromatic rings. The Kier molecular flexibility index (Phi) is 6.36. The number of anilines is 2. The molecule has 0 saturated heterocycles. The number of amides is 2. The number of pyridine rings is 1. The lowest BCUT2D eigenvalue weighted by molar-refractivity contribution is -0.116. The van der Waals surface area contributed by atoms with Crippen molar-refractivity contribution in [2.24, 2.45) is 5.92 Å². The van der Waals surface area contributed by atoms with Crippen LogP contribution >= 0.6 is 0 Å². The molecule has 5 nitrogen and oxygen atoms in total. The molecular weight excluding hydrogens is 326 g/mol. The average molecular weight is 351 g/mol. The van der Waals surface area contributed by atoms with E-state index >= 15 is 0 Å². The van der Waals surface area contributed by atoms with Crippen LogP contribution in [0.4, 0.5) is 11.4 Å². The third-order valence-corrected chi connectivity index (χ3v) is 4.88. The Bertz CT molecular complexity index is 740. The first-order valence-electron chi connectivity index (χ1n) is 9.32. The van der Waals surface area contributed by atoms with Gasteiger partial charge in [-0.2, -0.15) is 0 Å². The van der Waals surface area contributed by atoms with Crippen LogP contribution in [0.25, 0.3) is 0 Å². The zero-order valence-electron chi connectivity index (χ0n) is 14.9. The number of carbonyl (C=O) groups excluding carboxylic acids is 2. The molecule has 1 heterocycles. The highest BCUT2D eigenvalue weighted by atomic mass is 16.2. The fourth-order valence-corrected chi connectivity index (χ4v) is 3.42. The summed E-state index contributed by atoms with van der Waals surface area (Å²) in [5.74, 6) is 0.427. The number of hydrogen-bond acceptors (Lipinski definition) is 3. The monoisotopic (exact) mass is 351 g/mol. The van der Waals surface area contributed by atoms with Gasteiger partial charge in [-0.3, -0.25) is 14.6 Å². The smallest absolute Gasteiger partial charge is 0.257 e. The molecule has 1 aromatic heterocycles. The molecule has 1 aliphatic rings. The molecule has 3 rings (SSSR count). The second-order valence-corrected chi connectivity index (χ2v) is 6.83. The number of rotatable bonds is 6. The molecule has 0 aliphatic heterocycles. The van der Waals surface area contributed by atoms with Gasteiger partial charge in [-0.15, -0.1) is 0 Å². The van der Waals surface area contributed by atoms with Crippen LogP contribution in [0.3, 0.4) is 0 Å². The fraction of sp³-hybridized carbons (Fsp3) is 0.381. The van der Waals surface area contributed by atoms with Gasteiger partial charge in [0.15, 0.2) is 0 Å². The van der Waals surface area contributed by atoms with Crippen molar-refractivity contribution in [1.82, 2.24) is 4.98 Å². The summed E-state index contributed by atoms with van der Waals surface area (Å²) in [7, 11) is 0. The van der Waals surface area contributed by atoms with Crippen LogP contribution in [0, 0.1) is 5.92 Å². The molecule has 1 aromatic carbocycles. The maximum Gasteiger partial charge on any atom is 0.257 e.